The number of carbonyl (C=O) groups excluding carboxylic acids is 1. The molecule has 2 aromatic rings. The van der Waals surface area contributed by atoms with E-state index in [9.17, 15) is 13.2 Å². The lowest BCUT2D eigenvalue weighted by Gasteiger charge is -2.29. The van der Waals surface area contributed by atoms with E-state index in [0.29, 0.717) is 22.0 Å². The van der Waals surface area contributed by atoms with Crippen molar-refractivity contribution < 1.29 is 13.2 Å². The Morgan fingerprint density at radius 3 is 2.31 bits per heavy atom. The lowest BCUT2D eigenvalue weighted by Crippen LogP contribution is -2.45. The normalized spacial score (nSPS) is 12.5. The van der Waals surface area contributed by atoms with Gasteiger partial charge >= 0.3 is 0 Å². The maximum absolute atomic E-state index is 12.8. The van der Waals surface area contributed by atoms with Crippen LogP contribution < -0.4 is 9.62 Å². The highest BCUT2D eigenvalue weighted by atomic mass is 35.5. The van der Waals surface area contributed by atoms with Crippen molar-refractivity contribution in [1.29, 1.82) is 0 Å². The topological polar surface area (TPSA) is 66.5 Å². The Hall–Kier alpha value is -2.05. The third-order valence-electron chi connectivity index (χ3n) is 4.14. The summed E-state index contributed by atoms with van der Waals surface area (Å²) >= 11 is 6.04. The number of carbonyl (C=O) groups is 1. The van der Waals surface area contributed by atoms with Crippen LogP contribution in [0.4, 0.5) is 11.4 Å². The minimum Gasteiger partial charge on any atom is -0.324 e. The monoisotopic (exact) mass is 394 g/mol. The van der Waals surface area contributed by atoms with E-state index in [1.807, 2.05) is 32.0 Å². The van der Waals surface area contributed by atoms with Gasteiger partial charge in [0.1, 0.15) is 6.04 Å². The number of halogens is 1. The molecule has 1 amide bonds. The molecule has 0 fully saturated rings. The highest BCUT2D eigenvalue weighted by Crippen LogP contribution is 2.28. The molecule has 0 radical (unpaired) electrons. The second kappa shape index (κ2) is 7.68. The molecule has 0 spiro atoms. The summed E-state index contributed by atoms with van der Waals surface area (Å²) in [7, 11) is -3.70. The molecule has 2 rings (SSSR count). The van der Waals surface area contributed by atoms with Crippen LogP contribution in [0.3, 0.4) is 0 Å². The van der Waals surface area contributed by atoms with Crippen molar-refractivity contribution in [2.75, 3.05) is 15.9 Å². The Kier molecular flexibility index (Phi) is 5.98. The van der Waals surface area contributed by atoms with Crippen molar-refractivity contribution in [3.63, 3.8) is 0 Å². The molecule has 0 aliphatic rings. The SMILES string of the molecule is Cc1ccc(NC(=O)[C@H](C)N(c2cc(Cl)ccc2C)S(C)(=O)=O)c(C)c1. The Morgan fingerprint density at radius 1 is 1.08 bits per heavy atom. The van der Waals surface area contributed by atoms with Crippen LogP contribution in [0.15, 0.2) is 36.4 Å². The quantitative estimate of drug-likeness (QED) is 0.831. The number of sulfonamides is 1. The fourth-order valence-corrected chi connectivity index (χ4v) is 4.18. The van der Waals surface area contributed by atoms with E-state index in [0.717, 1.165) is 21.7 Å². The van der Waals surface area contributed by atoms with Gasteiger partial charge in [0, 0.05) is 10.7 Å². The lowest BCUT2D eigenvalue weighted by molar-refractivity contribution is -0.116. The maximum Gasteiger partial charge on any atom is 0.248 e. The van der Waals surface area contributed by atoms with Crippen LogP contribution in [0.1, 0.15) is 23.6 Å². The average molecular weight is 395 g/mol. The molecule has 0 saturated carbocycles. The molecule has 2 aromatic carbocycles. The molecule has 140 valence electrons. The van der Waals surface area contributed by atoms with Crippen LogP contribution in [-0.2, 0) is 14.8 Å². The van der Waals surface area contributed by atoms with Gasteiger partial charge in [-0.1, -0.05) is 35.4 Å². The van der Waals surface area contributed by atoms with Gasteiger partial charge in [0.25, 0.3) is 0 Å². The number of nitrogens with zero attached hydrogens (tertiary/aromatic N) is 1. The summed E-state index contributed by atoms with van der Waals surface area (Å²) in [5.41, 5.74) is 3.76. The number of hydrogen-bond acceptors (Lipinski definition) is 3. The number of aryl methyl sites for hydroxylation is 3. The first-order valence-corrected chi connectivity index (χ1v) is 10.4. The fraction of sp³-hybridized carbons (Fsp3) is 0.316. The third-order valence-corrected chi connectivity index (χ3v) is 5.60. The smallest absolute Gasteiger partial charge is 0.248 e. The van der Waals surface area contributed by atoms with Gasteiger partial charge in [-0.3, -0.25) is 9.10 Å². The van der Waals surface area contributed by atoms with Crippen LogP contribution in [0, 0.1) is 20.8 Å². The first-order chi connectivity index (χ1) is 12.0. The summed E-state index contributed by atoms with van der Waals surface area (Å²) in [6.45, 7) is 7.19. The molecule has 5 nitrogen and oxygen atoms in total. The molecule has 0 bridgehead atoms. The molecular formula is C19H23ClN2O3S. The van der Waals surface area contributed by atoms with Crippen molar-refractivity contribution in [2.45, 2.75) is 33.7 Å². The molecule has 0 aliphatic heterocycles. The molecule has 1 N–H and O–H groups in total. The minimum atomic E-state index is -3.70. The molecule has 0 aliphatic carbocycles. The van der Waals surface area contributed by atoms with Gasteiger partial charge in [0.15, 0.2) is 0 Å². The van der Waals surface area contributed by atoms with Crippen LogP contribution in [0.25, 0.3) is 0 Å². The van der Waals surface area contributed by atoms with Crippen LogP contribution in [-0.4, -0.2) is 26.6 Å². The van der Waals surface area contributed by atoms with E-state index in [4.69, 9.17) is 11.6 Å². The Bertz CT molecular complexity index is 942. The van der Waals surface area contributed by atoms with Gasteiger partial charge < -0.3 is 5.32 Å². The van der Waals surface area contributed by atoms with Gasteiger partial charge in [-0.15, -0.1) is 0 Å². The summed E-state index contributed by atoms with van der Waals surface area (Å²) in [5, 5.41) is 3.22. The molecule has 0 heterocycles. The lowest BCUT2D eigenvalue weighted by atomic mass is 10.1. The number of rotatable bonds is 5. The van der Waals surface area contributed by atoms with E-state index in [2.05, 4.69) is 5.32 Å². The van der Waals surface area contributed by atoms with E-state index in [1.54, 1.807) is 32.0 Å². The molecule has 0 unspecified atom stereocenters. The van der Waals surface area contributed by atoms with Crippen molar-refractivity contribution >= 4 is 38.9 Å². The fourth-order valence-electron chi connectivity index (χ4n) is 2.79. The van der Waals surface area contributed by atoms with Gasteiger partial charge in [-0.25, -0.2) is 8.42 Å². The molecule has 1 atom stereocenters. The predicted molar refractivity (Wildman–Crippen MR) is 108 cm³/mol. The summed E-state index contributed by atoms with van der Waals surface area (Å²) in [6, 6.07) is 9.68. The number of amides is 1. The van der Waals surface area contributed by atoms with Gasteiger partial charge in [-0.05, 0) is 57.0 Å². The Morgan fingerprint density at radius 2 is 1.73 bits per heavy atom. The van der Waals surface area contributed by atoms with E-state index >= 15 is 0 Å². The second-order valence-electron chi connectivity index (χ2n) is 6.47. The number of anilines is 2. The van der Waals surface area contributed by atoms with E-state index < -0.39 is 22.0 Å². The Labute approximate surface area is 160 Å². The minimum absolute atomic E-state index is 0.392. The molecular weight excluding hydrogens is 372 g/mol. The van der Waals surface area contributed by atoms with Crippen molar-refractivity contribution in [1.82, 2.24) is 0 Å². The largest absolute Gasteiger partial charge is 0.324 e. The van der Waals surface area contributed by atoms with Crippen molar-refractivity contribution in [2.24, 2.45) is 0 Å². The second-order valence-corrected chi connectivity index (χ2v) is 8.77. The van der Waals surface area contributed by atoms with Crippen LogP contribution in [0.5, 0.6) is 0 Å². The molecule has 26 heavy (non-hydrogen) atoms. The van der Waals surface area contributed by atoms with Crippen LogP contribution in [0.2, 0.25) is 5.02 Å². The zero-order valence-corrected chi connectivity index (χ0v) is 17.1. The highest BCUT2D eigenvalue weighted by Gasteiger charge is 2.30. The summed E-state index contributed by atoms with van der Waals surface area (Å²) in [6.07, 6.45) is 1.08. The van der Waals surface area contributed by atoms with E-state index in [1.165, 1.54) is 0 Å². The molecule has 7 heteroatoms. The Balaban J connectivity index is 2.39. The number of benzene rings is 2. The van der Waals surface area contributed by atoms with E-state index in [-0.39, 0.29) is 0 Å². The average Bonchev–Trinajstić information content (AvgIpc) is 2.52. The first-order valence-electron chi connectivity index (χ1n) is 8.14. The third kappa shape index (κ3) is 4.56. The summed E-state index contributed by atoms with van der Waals surface area (Å²) < 4.78 is 25.9. The highest BCUT2D eigenvalue weighted by molar-refractivity contribution is 7.92. The van der Waals surface area contributed by atoms with Gasteiger partial charge in [0.05, 0.1) is 11.9 Å². The zero-order chi connectivity index (χ0) is 19.6. The zero-order valence-electron chi connectivity index (χ0n) is 15.5. The van der Waals surface area contributed by atoms with Gasteiger partial charge in [-0.2, -0.15) is 0 Å². The standard InChI is InChI=1S/C19H23ClN2O3S/c1-12-6-9-17(14(3)10-12)21-19(23)15(4)22(26(5,24)25)18-11-16(20)8-7-13(18)2/h6-11,15H,1-5H3,(H,21,23)/t15-/m0/s1. The van der Waals surface area contributed by atoms with Gasteiger partial charge in [0.2, 0.25) is 15.9 Å². The van der Waals surface area contributed by atoms with Crippen molar-refractivity contribution in [3.05, 3.63) is 58.1 Å². The van der Waals surface area contributed by atoms with Crippen LogP contribution >= 0.6 is 11.6 Å². The number of nitrogens with one attached hydrogen (secondary N) is 1. The summed E-state index contributed by atoms with van der Waals surface area (Å²) in [5.74, 6) is -0.415. The van der Waals surface area contributed by atoms with Crippen molar-refractivity contribution in [3.8, 4) is 0 Å². The first kappa shape index (κ1) is 20.3. The molecule has 0 saturated heterocycles. The summed E-state index contributed by atoms with van der Waals surface area (Å²) in [4.78, 5) is 12.8. The number of hydrogen-bond donors (Lipinski definition) is 1. The molecule has 0 aromatic heterocycles. The predicted octanol–water partition coefficient (Wildman–Crippen LogP) is 4.06. The maximum atomic E-state index is 12.8.